The van der Waals surface area contributed by atoms with Gasteiger partial charge in [-0.25, -0.2) is 0 Å². The number of rotatable bonds is 6. The van der Waals surface area contributed by atoms with E-state index in [-0.39, 0.29) is 10.8 Å². The average Bonchev–Trinajstić information content (AvgIpc) is 3.40. The fourth-order valence-corrected chi connectivity index (χ4v) is 8.50. The molecule has 0 saturated carbocycles. The van der Waals surface area contributed by atoms with Crippen LogP contribution in [0.3, 0.4) is 0 Å². The quantitative estimate of drug-likeness (QED) is 0.172. The highest BCUT2D eigenvalue weighted by atomic mass is 15.1. The lowest BCUT2D eigenvalue weighted by Gasteiger charge is -2.31. The lowest BCUT2D eigenvalue weighted by Crippen LogP contribution is -2.19. The fraction of sp³-hybridized carbons (Fsp3) is 0.120. The number of hydrogen-bond acceptors (Lipinski definition) is 1. The molecule has 0 aromatic heterocycles. The number of anilines is 3. The normalized spacial score (nSPS) is 13.3. The Morgan fingerprint density at radius 1 is 0.431 bits per heavy atom. The first-order chi connectivity index (χ1) is 24.8. The fourth-order valence-electron chi connectivity index (χ4n) is 8.50. The molecule has 0 spiro atoms. The second-order valence-electron chi connectivity index (χ2n) is 15.0. The maximum absolute atomic E-state index is 2.48. The third kappa shape index (κ3) is 4.99. The van der Waals surface area contributed by atoms with Gasteiger partial charge in [0.1, 0.15) is 0 Å². The topological polar surface area (TPSA) is 3.24 Å². The Hall–Kier alpha value is -5.92. The average molecular weight is 656 g/mol. The minimum atomic E-state index is -0.134. The monoisotopic (exact) mass is 655 g/mol. The van der Waals surface area contributed by atoms with Crippen molar-refractivity contribution in [3.63, 3.8) is 0 Å². The van der Waals surface area contributed by atoms with Gasteiger partial charge in [-0.05, 0) is 90.8 Å². The molecule has 1 aliphatic rings. The van der Waals surface area contributed by atoms with Crippen LogP contribution in [-0.4, -0.2) is 0 Å². The molecular formula is C50H41N. The minimum Gasteiger partial charge on any atom is -0.310 e. The first-order valence-corrected chi connectivity index (χ1v) is 18.0. The summed E-state index contributed by atoms with van der Waals surface area (Å²) in [5, 5.41) is 4.96. The first kappa shape index (κ1) is 31.1. The summed E-state index contributed by atoms with van der Waals surface area (Å²) in [6, 6.07) is 65.0. The van der Waals surface area contributed by atoms with E-state index in [1.54, 1.807) is 0 Å². The molecule has 0 bridgehead atoms. The molecule has 1 aliphatic carbocycles. The van der Waals surface area contributed by atoms with E-state index in [9.17, 15) is 0 Å². The van der Waals surface area contributed by atoms with Crippen molar-refractivity contribution in [2.75, 3.05) is 4.90 Å². The van der Waals surface area contributed by atoms with Gasteiger partial charge in [0, 0.05) is 27.8 Å². The van der Waals surface area contributed by atoms with E-state index in [4.69, 9.17) is 0 Å². The molecule has 0 aliphatic heterocycles. The van der Waals surface area contributed by atoms with E-state index < -0.39 is 0 Å². The van der Waals surface area contributed by atoms with Crippen LogP contribution in [0.25, 0.3) is 43.8 Å². The van der Waals surface area contributed by atoms with Crippen LogP contribution in [0.5, 0.6) is 0 Å². The Kier molecular flexibility index (Phi) is 7.22. The van der Waals surface area contributed by atoms with E-state index >= 15 is 0 Å². The minimum absolute atomic E-state index is 0.0585. The molecule has 8 aromatic rings. The molecule has 0 saturated heterocycles. The lowest BCUT2D eigenvalue weighted by atomic mass is 9.78. The van der Waals surface area contributed by atoms with E-state index in [1.165, 1.54) is 66.1 Å². The summed E-state index contributed by atoms with van der Waals surface area (Å²) in [4.78, 5) is 2.48. The van der Waals surface area contributed by atoms with Gasteiger partial charge in [-0.3, -0.25) is 0 Å². The van der Waals surface area contributed by atoms with Crippen LogP contribution in [0.4, 0.5) is 17.1 Å². The summed E-state index contributed by atoms with van der Waals surface area (Å²) < 4.78 is 0. The van der Waals surface area contributed by atoms with Crippen LogP contribution < -0.4 is 4.90 Å². The summed E-state index contributed by atoms with van der Waals surface area (Å²) in [7, 11) is 0. The zero-order chi connectivity index (χ0) is 34.7. The van der Waals surface area contributed by atoms with Crippen LogP contribution in [0.15, 0.2) is 176 Å². The van der Waals surface area contributed by atoms with Gasteiger partial charge in [0.15, 0.2) is 0 Å². The smallest absolute Gasteiger partial charge is 0.0546 e. The molecule has 1 nitrogen and oxygen atoms in total. The molecule has 51 heavy (non-hydrogen) atoms. The van der Waals surface area contributed by atoms with E-state index in [0.29, 0.717) is 0 Å². The van der Waals surface area contributed by atoms with Crippen LogP contribution in [0, 0.1) is 0 Å². The highest BCUT2D eigenvalue weighted by molar-refractivity contribution is 6.11. The molecule has 0 fully saturated rings. The standard InChI is InChI=1S/C50H41N/c1-49(2,36-18-6-5-7-19-36)37-26-28-38(29-27-37)51(39-30-31-46-44(33-39)42-22-12-13-24-45(42)50(46,3)4)47-32-25-35-16-9-11-21-41(35)48(47)43-23-14-17-34-15-8-10-20-40(34)43/h5-33H,1-4H3. The molecule has 8 aromatic carbocycles. The lowest BCUT2D eigenvalue weighted by molar-refractivity contribution is 0.641. The third-order valence-electron chi connectivity index (χ3n) is 11.4. The van der Waals surface area contributed by atoms with Crippen molar-refractivity contribution in [2.24, 2.45) is 0 Å². The van der Waals surface area contributed by atoms with Crippen molar-refractivity contribution in [3.8, 4) is 22.3 Å². The highest BCUT2D eigenvalue weighted by Gasteiger charge is 2.36. The number of fused-ring (bicyclic) bond motifs is 5. The predicted octanol–water partition coefficient (Wildman–Crippen LogP) is 13.8. The maximum atomic E-state index is 2.48. The summed E-state index contributed by atoms with van der Waals surface area (Å²) >= 11 is 0. The van der Waals surface area contributed by atoms with Crippen molar-refractivity contribution in [2.45, 2.75) is 38.5 Å². The largest absolute Gasteiger partial charge is 0.310 e. The van der Waals surface area contributed by atoms with Gasteiger partial charge in [-0.2, -0.15) is 0 Å². The van der Waals surface area contributed by atoms with Gasteiger partial charge in [-0.1, -0.05) is 173 Å². The zero-order valence-electron chi connectivity index (χ0n) is 29.7. The second kappa shape index (κ2) is 11.9. The molecule has 1 heteroatoms. The Bertz CT molecular complexity index is 2570. The van der Waals surface area contributed by atoms with Crippen molar-refractivity contribution in [3.05, 3.63) is 198 Å². The van der Waals surface area contributed by atoms with Crippen molar-refractivity contribution in [1.29, 1.82) is 0 Å². The summed E-state index contributed by atoms with van der Waals surface area (Å²) in [5.41, 5.74) is 13.7. The van der Waals surface area contributed by atoms with Gasteiger partial charge in [0.05, 0.1) is 5.69 Å². The van der Waals surface area contributed by atoms with Gasteiger partial charge < -0.3 is 4.90 Å². The van der Waals surface area contributed by atoms with E-state index in [0.717, 1.165) is 17.1 Å². The van der Waals surface area contributed by atoms with E-state index in [1.807, 2.05) is 0 Å². The SMILES string of the molecule is CC(C)(c1ccccc1)c1ccc(N(c2ccc3c(c2)-c2ccccc2C3(C)C)c2ccc3ccccc3c2-c2cccc3ccccc23)cc1. The summed E-state index contributed by atoms with van der Waals surface area (Å²) in [6.07, 6.45) is 0. The molecule has 0 amide bonds. The molecule has 0 unspecified atom stereocenters. The summed E-state index contributed by atoms with van der Waals surface area (Å²) in [5.74, 6) is 0. The van der Waals surface area contributed by atoms with Crippen molar-refractivity contribution in [1.82, 2.24) is 0 Å². The van der Waals surface area contributed by atoms with Crippen LogP contribution in [0.2, 0.25) is 0 Å². The Balaban J connectivity index is 1.31. The predicted molar refractivity (Wildman–Crippen MR) is 218 cm³/mol. The van der Waals surface area contributed by atoms with Crippen molar-refractivity contribution >= 4 is 38.6 Å². The zero-order valence-corrected chi connectivity index (χ0v) is 29.7. The van der Waals surface area contributed by atoms with Crippen molar-refractivity contribution < 1.29 is 0 Å². The third-order valence-corrected chi connectivity index (χ3v) is 11.4. The molecule has 0 radical (unpaired) electrons. The highest BCUT2D eigenvalue weighted by Crippen LogP contribution is 2.52. The molecule has 0 heterocycles. The Labute approximate surface area is 301 Å². The van der Waals surface area contributed by atoms with E-state index in [2.05, 4.69) is 209 Å². The first-order valence-electron chi connectivity index (χ1n) is 18.0. The van der Waals surface area contributed by atoms with Gasteiger partial charge in [0.2, 0.25) is 0 Å². The Morgan fingerprint density at radius 3 is 1.78 bits per heavy atom. The maximum Gasteiger partial charge on any atom is 0.0546 e. The molecule has 9 rings (SSSR count). The number of hydrogen-bond donors (Lipinski definition) is 0. The second-order valence-corrected chi connectivity index (χ2v) is 15.0. The Morgan fingerprint density at radius 2 is 1.00 bits per heavy atom. The number of benzene rings is 8. The number of nitrogens with zero attached hydrogens (tertiary/aromatic N) is 1. The van der Waals surface area contributed by atoms with Gasteiger partial charge in [-0.15, -0.1) is 0 Å². The van der Waals surface area contributed by atoms with Crippen LogP contribution in [-0.2, 0) is 10.8 Å². The molecular weight excluding hydrogens is 615 g/mol. The van der Waals surface area contributed by atoms with Gasteiger partial charge in [0.25, 0.3) is 0 Å². The molecule has 0 atom stereocenters. The summed E-state index contributed by atoms with van der Waals surface area (Å²) in [6.45, 7) is 9.34. The van der Waals surface area contributed by atoms with Gasteiger partial charge >= 0.3 is 0 Å². The van der Waals surface area contributed by atoms with Crippen LogP contribution >= 0.6 is 0 Å². The van der Waals surface area contributed by atoms with Crippen LogP contribution in [0.1, 0.15) is 49.9 Å². The molecule has 0 N–H and O–H groups in total. The molecule has 246 valence electrons.